The first-order valence-corrected chi connectivity index (χ1v) is 13.6. The van der Waals surface area contributed by atoms with Crippen LogP contribution in [0.25, 0.3) is 0 Å². The average molecular weight is 526 g/mol. The van der Waals surface area contributed by atoms with Crippen LogP contribution < -0.4 is 9.47 Å². The lowest BCUT2D eigenvalue weighted by Gasteiger charge is -2.62. The fraction of sp³-hybridized carbons (Fsp3) is 0.548. The number of halogens is 1. The maximum absolute atomic E-state index is 11.9. The van der Waals surface area contributed by atoms with Gasteiger partial charge in [0, 0.05) is 22.4 Å². The third-order valence-corrected chi connectivity index (χ3v) is 9.79. The van der Waals surface area contributed by atoms with E-state index in [0.717, 1.165) is 63.0 Å². The predicted octanol–water partition coefficient (Wildman–Crippen LogP) is 4.70. The lowest BCUT2D eigenvalue weighted by molar-refractivity contribution is -0.159. The minimum Gasteiger partial charge on any atom is -0.493 e. The Balaban J connectivity index is 0.00000280. The van der Waals surface area contributed by atoms with Crippen molar-refractivity contribution in [2.45, 2.75) is 68.6 Å². The van der Waals surface area contributed by atoms with Crippen molar-refractivity contribution in [3.8, 4) is 11.5 Å². The Morgan fingerprint density at radius 3 is 2.73 bits per heavy atom. The Kier molecular flexibility index (Phi) is 7.36. The number of nitrogens with zero attached hydrogens (tertiary/aromatic N) is 1. The molecule has 2 aliphatic heterocycles. The molecular formula is C31H40ClNO4. The van der Waals surface area contributed by atoms with Crippen molar-refractivity contribution in [3.63, 3.8) is 0 Å². The van der Waals surface area contributed by atoms with E-state index in [1.807, 2.05) is 6.07 Å². The summed E-state index contributed by atoms with van der Waals surface area (Å²) < 4.78 is 12.4. The molecule has 6 atom stereocenters. The molecule has 6 heteroatoms. The number of hydrogen-bond donors (Lipinski definition) is 2. The average Bonchev–Trinajstić information content (AvgIpc) is 3.26. The molecule has 1 saturated heterocycles. The summed E-state index contributed by atoms with van der Waals surface area (Å²) in [5.41, 5.74) is 3.08. The predicted molar refractivity (Wildman–Crippen MR) is 148 cm³/mol. The Morgan fingerprint density at radius 2 is 1.97 bits per heavy atom. The number of likely N-dealkylation sites (N-methyl/N-ethyl adjacent to an activating group) is 1. The number of ether oxygens (including phenoxy) is 2. The van der Waals surface area contributed by atoms with Crippen molar-refractivity contribution in [2.24, 2.45) is 11.3 Å². The second-order valence-corrected chi connectivity index (χ2v) is 11.5. The molecule has 0 radical (unpaired) electrons. The van der Waals surface area contributed by atoms with E-state index < -0.39 is 11.5 Å². The van der Waals surface area contributed by atoms with E-state index in [1.54, 1.807) is 7.11 Å². The van der Waals surface area contributed by atoms with Crippen LogP contribution in [0.1, 0.15) is 48.8 Å². The van der Waals surface area contributed by atoms with Crippen molar-refractivity contribution >= 4 is 12.4 Å². The maximum atomic E-state index is 11.9. The Labute approximate surface area is 226 Å². The molecule has 2 N–H and O–H groups in total. The van der Waals surface area contributed by atoms with Crippen molar-refractivity contribution < 1.29 is 19.7 Å². The number of likely N-dealkylation sites (tertiary alicyclic amines) is 1. The standard InChI is InChI=1S/C31H39NO4.ClH/c1-32-17-16-31-23-19-30(20-33,15-9-4-3-6-10-21-11-7-5-8-12-21)28(34)29(31)36-27-25(35-2)14-13-22(26(27)31)18-24(23)32;/h5,7-9,11-15,23-24,28-29,33-34H,3-4,6,10,16-20H2,1-2H3;1H/b15-9+;/t23?,24?,28-,29?,30+,31?;/m0./s1. The minimum absolute atomic E-state index is 0. The zero-order valence-corrected chi connectivity index (χ0v) is 22.8. The van der Waals surface area contributed by atoms with Gasteiger partial charge >= 0.3 is 0 Å². The van der Waals surface area contributed by atoms with Gasteiger partial charge in [0.2, 0.25) is 0 Å². The van der Waals surface area contributed by atoms with Crippen LogP contribution in [-0.2, 0) is 18.3 Å². The molecule has 4 unspecified atom stereocenters. The van der Waals surface area contributed by atoms with Gasteiger partial charge in [-0.25, -0.2) is 0 Å². The van der Waals surface area contributed by atoms with Crippen LogP contribution in [0.3, 0.4) is 0 Å². The molecule has 1 saturated carbocycles. The number of benzene rings is 2. The summed E-state index contributed by atoms with van der Waals surface area (Å²) >= 11 is 0. The third kappa shape index (κ3) is 4.01. The van der Waals surface area contributed by atoms with Gasteiger partial charge < -0.3 is 24.6 Å². The molecule has 2 heterocycles. The highest BCUT2D eigenvalue weighted by Gasteiger charge is 2.69. The van der Waals surface area contributed by atoms with Gasteiger partial charge in [0.05, 0.1) is 13.7 Å². The largest absolute Gasteiger partial charge is 0.493 e. The Morgan fingerprint density at radius 1 is 1.16 bits per heavy atom. The van der Waals surface area contributed by atoms with E-state index in [0.29, 0.717) is 12.0 Å². The topological polar surface area (TPSA) is 62.2 Å². The van der Waals surface area contributed by atoms with Crippen molar-refractivity contribution in [3.05, 3.63) is 71.3 Å². The van der Waals surface area contributed by atoms with E-state index in [-0.39, 0.29) is 30.5 Å². The lowest BCUT2D eigenvalue weighted by Crippen LogP contribution is -2.70. The molecule has 2 aliphatic carbocycles. The number of aliphatic hydroxyl groups is 2. The number of aryl methyl sites for hydroxylation is 1. The number of piperidine rings is 1. The highest BCUT2D eigenvalue weighted by Crippen LogP contribution is 2.66. The number of hydrogen-bond acceptors (Lipinski definition) is 5. The second-order valence-electron chi connectivity index (χ2n) is 11.5. The molecule has 2 aromatic rings. The van der Waals surface area contributed by atoms with Crippen molar-refractivity contribution in [1.29, 1.82) is 0 Å². The van der Waals surface area contributed by atoms with E-state index in [4.69, 9.17) is 9.47 Å². The molecule has 200 valence electrons. The van der Waals surface area contributed by atoms with Gasteiger partial charge in [-0.2, -0.15) is 0 Å². The number of unbranched alkanes of at least 4 members (excludes halogenated alkanes) is 2. The summed E-state index contributed by atoms with van der Waals surface area (Å²) in [5.74, 6) is 1.90. The van der Waals surface area contributed by atoms with Crippen LogP contribution in [0.5, 0.6) is 11.5 Å². The number of allylic oxidation sites excluding steroid dienone is 1. The Bertz CT molecular complexity index is 1140. The van der Waals surface area contributed by atoms with Gasteiger partial charge in [-0.1, -0.05) is 48.6 Å². The fourth-order valence-corrected chi connectivity index (χ4v) is 7.91. The number of methoxy groups -OCH3 is 1. The molecule has 6 rings (SSSR count). The van der Waals surface area contributed by atoms with Crippen LogP contribution in [0.2, 0.25) is 0 Å². The zero-order chi connectivity index (χ0) is 24.9. The molecule has 1 spiro atoms. The summed E-state index contributed by atoms with van der Waals surface area (Å²) in [4.78, 5) is 2.49. The van der Waals surface area contributed by atoms with Crippen LogP contribution in [0.4, 0.5) is 0 Å². The molecule has 2 fully saturated rings. The summed E-state index contributed by atoms with van der Waals surface area (Å²) in [6, 6.07) is 15.2. The van der Waals surface area contributed by atoms with Gasteiger partial charge in [0.15, 0.2) is 11.5 Å². The summed E-state index contributed by atoms with van der Waals surface area (Å²) in [7, 11) is 3.92. The first-order chi connectivity index (χ1) is 17.5. The van der Waals surface area contributed by atoms with E-state index >= 15 is 0 Å². The molecule has 37 heavy (non-hydrogen) atoms. The fourth-order valence-electron chi connectivity index (χ4n) is 7.91. The second kappa shape index (κ2) is 10.3. The van der Waals surface area contributed by atoms with Gasteiger partial charge in [0.1, 0.15) is 12.2 Å². The lowest BCUT2D eigenvalue weighted by atomic mass is 9.47. The molecule has 2 bridgehead atoms. The van der Waals surface area contributed by atoms with Crippen molar-refractivity contribution in [2.75, 3.05) is 27.3 Å². The molecular weight excluding hydrogens is 486 g/mol. The molecule has 4 aliphatic rings. The van der Waals surface area contributed by atoms with Crippen LogP contribution in [-0.4, -0.2) is 60.7 Å². The summed E-state index contributed by atoms with van der Waals surface area (Å²) in [6.45, 7) is 0.922. The van der Waals surface area contributed by atoms with Crippen LogP contribution in [0, 0.1) is 11.3 Å². The van der Waals surface area contributed by atoms with E-state index in [2.05, 4.69) is 60.5 Å². The number of aliphatic hydroxyl groups excluding tert-OH is 2. The maximum Gasteiger partial charge on any atom is 0.165 e. The smallest absolute Gasteiger partial charge is 0.165 e. The Hall–Kier alpha value is -2.05. The van der Waals surface area contributed by atoms with E-state index in [1.165, 1.54) is 16.7 Å². The summed E-state index contributed by atoms with van der Waals surface area (Å²) in [5, 5.41) is 22.6. The van der Waals surface area contributed by atoms with Gasteiger partial charge in [-0.3, -0.25) is 0 Å². The van der Waals surface area contributed by atoms with Crippen LogP contribution >= 0.6 is 12.4 Å². The first kappa shape index (κ1) is 26.6. The highest BCUT2D eigenvalue weighted by atomic mass is 35.5. The summed E-state index contributed by atoms with van der Waals surface area (Å²) in [6.07, 6.45) is 10.1. The normalized spacial score (nSPS) is 33.5. The van der Waals surface area contributed by atoms with Gasteiger partial charge in [-0.05, 0) is 81.6 Å². The molecule has 0 amide bonds. The molecule has 5 nitrogen and oxygen atoms in total. The van der Waals surface area contributed by atoms with E-state index in [9.17, 15) is 10.2 Å². The highest BCUT2D eigenvalue weighted by molar-refractivity contribution is 5.85. The van der Waals surface area contributed by atoms with Crippen LogP contribution in [0.15, 0.2) is 54.6 Å². The molecule has 2 aromatic carbocycles. The zero-order valence-electron chi connectivity index (χ0n) is 21.9. The number of rotatable bonds is 8. The van der Waals surface area contributed by atoms with Gasteiger partial charge in [-0.15, -0.1) is 12.4 Å². The SMILES string of the molecule is COc1ccc2c3c1OC1[C@H](O)[C@@](/C=C/CCCCc4ccccc4)(CO)CC4C(C2)N(C)CCC341.Cl. The van der Waals surface area contributed by atoms with Gasteiger partial charge in [0.25, 0.3) is 0 Å². The monoisotopic (exact) mass is 525 g/mol. The third-order valence-electron chi connectivity index (χ3n) is 9.79. The minimum atomic E-state index is -0.772. The van der Waals surface area contributed by atoms with Crippen molar-refractivity contribution in [1.82, 2.24) is 4.90 Å². The first-order valence-electron chi connectivity index (χ1n) is 13.6. The molecule has 0 aromatic heterocycles. The quantitative estimate of drug-likeness (QED) is 0.386.